The van der Waals surface area contributed by atoms with E-state index in [1.807, 2.05) is 42.5 Å². The molecular formula is C15H12N2O3. The molecule has 0 amide bonds. The molecule has 5 heteroatoms. The van der Waals surface area contributed by atoms with Gasteiger partial charge >= 0.3 is 5.97 Å². The number of aryl methyl sites for hydroxylation is 1. The summed E-state index contributed by atoms with van der Waals surface area (Å²) in [5.41, 5.74) is 0.858. The van der Waals surface area contributed by atoms with Gasteiger partial charge in [0.15, 0.2) is 0 Å². The van der Waals surface area contributed by atoms with E-state index >= 15 is 0 Å². The minimum Gasteiger partial charge on any atom is -0.481 e. The van der Waals surface area contributed by atoms with Crippen molar-refractivity contribution in [3.05, 3.63) is 48.4 Å². The maximum Gasteiger partial charge on any atom is 0.303 e. The van der Waals surface area contributed by atoms with Gasteiger partial charge in [0, 0.05) is 12.0 Å². The van der Waals surface area contributed by atoms with Crippen LogP contribution in [-0.4, -0.2) is 21.3 Å². The Balaban J connectivity index is 1.97. The number of hydrogen-bond acceptors (Lipinski definition) is 4. The molecule has 5 nitrogen and oxygen atoms in total. The largest absolute Gasteiger partial charge is 0.481 e. The molecule has 1 aromatic heterocycles. The van der Waals surface area contributed by atoms with Gasteiger partial charge in [-0.3, -0.25) is 4.79 Å². The number of aromatic nitrogens is 2. The number of benzene rings is 2. The van der Waals surface area contributed by atoms with E-state index < -0.39 is 5.97 Å². The highest BCUT2D eigenvalue weighted by Gasteiger charge is 2.12. The van der Waals surface area contributed by atoms with Crippen LogP contribution in [0, 0.1) is 0 Å². The molecule has 3 aromatic rings. The zero-order valence-corrected chi connectivity index (χ0v) is 10.6. The van der Waals surface area contributed by atoms with Gasteiger partial charge in [0.2, 0.25) is 11.8 Å². The first-order valence-electron chi connectivity index (χ1n) is 6.26. The number of nitrogens with zero attached hydrogens (tertiary/aromatic N) is 2. The van der Waals surface area contributed by atoms with E-state index in [1.54, 1.807) is 0 Å². The molecule has 0 fully saturated rings. The minimum absolute atomic E-state index is 0.0167. The Kier molecular flexibility index (Phi) is 3.16. The van der Waals surface area contributed by atoms with Crippen LogP contribution in [0.2, 0.25) is 0 Å². The first-order valence-corrected chi connectivity index (χ1v) is 6.26. The molecule has 0 aliphatic heterocycles. The Labute approximate surface area is 114 Å². The molecule has 0 saturated carbocycles. The number of carboxylic acid groups (broad SMARTS) is 1. The van der Waals surface area contributed by atoms with Gasteiger partial charge in [0.05, 0.1) is 6.42 Å². The van der Waals surface area contributed by atoms with Crippen molar-refractivity contribution in [1.29, 1.82) is 0 Å². The van der Waals surface area contributed by atoms with Gasteiger partial charge in [-0.15, -0.1) is 10.2 Å². The molecule has 3 rings (SSSR count). The van der Waals surface area contributed by atoms with Crippen LogP contribution >= 0.6 is 0 Å². The van der Waals surface area contributed by atoms with Crippen LogP contribution in [0.5, 0.6) is 0 Å². The number of fused-ring (bicyclic) bond motifs is 1. The van der Waals surface area contributed by atoms with Gasteiger partial charge in [-0.05, 0) is 16.8 Å². The predicted octanol–water partition coefficient (Wildman–Crippen LogP) is 2.91. The monoisotopic (exact) mass is 268 g/mol. The topological polar surface area (TPSA) is 76.2 Å². The molecule has 0 aliphatic carbocycles. The van der Waals surface area contributed by atoms with Gasteiger partial charge in [-0.2, -0.15) is 0 Å². The van der Waals surface area contributed by atoms with Crippen molar-refractivity contribution in [2.45, 2.75) is 12.8 Å². The number of carbonyl (C=O) groups is 1. The molecule has 0 radical (unpaired) electrons. The summed E-state index contributed by atoms with van der Waals surface area (Å²) in [6, 6.07) is 13.8. The van der Waals surface area contributed by atoms with Gasteiger partial charge in [-0.1, -0.05) is 36.4 Å². The van der Waals surface area contributed by atoms with Gasteiger partial charge in [-0.25, -0.2) is 0 Å². The summed E-state index contributed by atoms with van der Waals surface area (Å²) < 4.78 is 5.54. The van der Waals surface area contributed by atoms with E-state index in [9.17, 15) is 4.79 Å². The normalized spacial score (nSPS) is 10.8. The van der Waals surface area contributed by atoms with Crippen molar-refractivity contribution in [3.63, 3.8) is 0 Å². The summed E-state index contributed by atoms with van der Waals surface area (Å²) in [7, 11) is 0. The first-order chi connectivity index (χ1) is 9.74. The highest BCUT2D eigenvalue weighted by molar-refractivity contribution is 5.94. The fraction of sp³-hybridized carbons (Fsp3) is 0.133. The fourth-order valence-electron chi connectivity index (χ4n) is 2.09. The smallest absolute Gasteiger partial charge is 0.303 e. The lowest BCUT2D eigenvalue weighted by Crippen LogP contribution is -1.97. The molecule has 100 valence electrons. The number of carboxylic acids is 1. The first kappa shape index (κ1) is 12.3. The Bertz CT molecular complexity index is 759. The minimum atomic E-state index is -0.880. The van der Waals surface area contributed by atoms with Crippen LogP contribution in [-0.2, 0) is 11.2 Å². The summed E-state index contributed by atoms with van der Waals surface area (Å²) in [4.78, 5) is 10.5. The van der Waals surface area contributed by atoms with Crippen LogP contribution in [0.4, 0.5) is 0 Å². The number of hydrogen-bond donors (Lipinski definition) is 1. The zero-order chi connectivity index (χ0) is 13.9. The van der Waals surface area contributed by atoms with E-state index in [2.05, 4.69) is 10.2 Å². The Hall–Kier alpha value is -2.69. The van der Waals surface area contributed by atoms with Gasteiger partial charge in [0.25, 0.3) is 0 Å². The second kappa shape index (κ2) is 5.13. The molecule has 2 aromatic carbocycles. The van der Waals surface area contributed by atoms with E-state index in [-0.39, 0.29) is 12.8 Å². The SMILES string of the molecule is O=C(O)CCc1nnc(-c2cccc3ccccc23)o1. The second-order valence-electron chi connectivity index (χ2n) is 4.42. The summed E-state index contributed by atoms with van der Waals surface area (Å²) in [5.74, 6) is -0.118. The summed E-state index contributed by atoms with van der Waals surface area (Å²) in [6.07, 6.45) is 0.226. The lowest BCUT2D eigenvalue weighted by Gasteiger charge is -2.01. The molecule has 0 atom stereocenters. The van der Waals surface area contributed by atoms with Crippen molar-refractivity contribution < 1.29 is 14.3 Å². The van der Waals surface area contributed by atoms with Crippen molar-refractivity contribution in [1.82, 2.24) is 10.2 Å². The van der Waals surface area contributed by atoms with Crippen molar-refractivity contribution in [2.75, 3.05) is 0 Å². The summed E-state index contributed by atoms with van der Waals surface area (Å²) in [5, 5.41) is 18.7. The molecule has 0 saturated heterocycles. The quantitative estimate of drug-likeness (QED) is 0.787. The highest BCUT2D eigenvalue weighted by atomic mass is 16.4. The van der Waals surface area contributed by atoms with Gasteiger partial charge in [0.1, 0.15) is 0 Å². The number of aliphatic carboxylic acids is 1. The van der Waals surface area contributed by atoms with E-state index in [0.29, 0.717) is 11.8 Å². The number of rotatable bonds is 4. The average Bonchev–Trinajstić information content (AvgIpc) is 2.93. The van der Waals surface area contributed by atoms with Crippen molar-refractivity contribution >= 4 is 16.7 Å². The zero-order valence-electron chi connectivity index (χ0n) is 10.6. The summed E-state index contributed by atoms with van der Waals surface area (Å²) in [6.45, 7) is 0. The average molecular weight is 268 g/mol. The van der Waals surface area contributed by atoms with Crippen LogP contribution in [0.1, 0.15) is 12.3 Å². The molecule has 0 bridgehead atoms. The van der Waals surface area contributed by atoms with Crippen molar-refractivity contribution in [3.8, 4) is 11.5 Å². The standard InChI is InChI=1S/C15H12N2O3/c18-14(19)9-8-13-16-17-15(20-13)12-7-3-5-10-4-1-2-6-11(10)12/h1-7H,8-9H2,(H,18,19). The molecule has 20 heavy (non-hydrogen) atoms. The Morgan fingerprint density at radius 2 is 1.90 bits per heavy atom. The summed E-state index contributed by atoms with van der Waals surface area (Å²) >= 11 is 0. The lowest BCUT2D eigenvalue weighted by atomic mass is 10.0. The second-order valence-corrected chi connectivity index (χ2v) is 4.42. The Morgan fingerprint density at radius 3 is 2.75 bits per heavy atom. The Morgan fingerprint density at radius 1 is 1.10 bits per heavy atom. The predicted molar refractivity (Wildman–Crippen MR) is 73.2 cm³/mol. The molecule has 1 heterocycles. The van der Waals surface area contributed by atoms with E-state index in [1.165, 1.54) is 0 Å². The lowest BCUT2D eigenvalue weighted by molar-refractivity contribution is -0.137. The molecule has 0 unspecified atom stereocenters. The van der Waals surface area contributed by atoms with E-state index in [4.69, 9.17) is 9.52 Å². The van der Waals surface area contributed by atoms with Crippen LogP contribution in [0.3, 0.4) is 0 Å². The van der Waals surface area contributed by atoms with E-state index in [0.717, 1.165) is 16.3 Å². The molecule has 1 N–H and O–H groups in total. The third-order valence-corrected chi connectivity index (χ3v) is 3.04. The highest BCUT2D eigenvalue weighted by Crippen LogP contribution is 2.27. The molecule has 0 spiro atoms. The van der Waals surface area contributed by atoms with Crippen LogP contribution < -0.4 is 0 Å². The van der Waals surface area contributed by atoms with Crippen LogP contribution in [0.25, 0.3) is 22.2 Å². The maximum absolute atomic E-state index is 10.5. The fourth-order valence-corrected chi connectivity index (χ4v) is 2.09. The third kappa shape index (κ3) is 2.38. The molecular weight excluding hydrogens is 256 g/mol. The van der Waals surface area contributed by atoms with Crippen LogP contribution in [0.15, 0.2) is 46.9 Å². The molecule has 0 aliphatic rings. The maximum atomic E-state index is 10.5. The van der Waals surface area contributed by atoms with Crippen molar-refractivity contribution in [2.24, 2.45) is 0 Å². The third-order valence-electron chi connectivity index (χ3n) is 3.04. The van der Waals surface area contributed by atoms with Gasteiger partial charge < -0.3 is 9.52 Å².